The van der Waals surface area contributed by atoms with Crippen molar-refractivity contribution in [3.63, 3.8) is 0 Å². The fourth-order valence-electron chi connectivity index (χ4n) is 1.16. The van der Waals surface area contributed by atoms with Gasteiger partial charge in [-0.1, -0.05) is 6.07 Å². The van der Waals surface area contributed by atoms with Gasteiger partial charge in [-0.3, -0.25) is 4.79 Å². The highest BCUT2D eigenvalue weighted by Crippen LogP contribution is 2.25. The first kappa shape index (κ1) is 10.9. The quantitative estimate of drug-likeness (QED) is 0.776. The molecule has 1 N–H and O–H groups in total. The van der Waals surface area contributed by atoms with Gasteiger partial charge in [-0.25, -0.2) is 0 Å². The summed E-state index contributed by atoms with van der Waals surface area (Å²) in [4.78, 5) is 11.5. The van der Waals surface area contributed by atoms with E-state index in [1.807, 2.05) is 12.3 Å². The predicted octanol–water partition coefficient (Wildman–Crippen LogP) is 2.04. The molecule has 0 radical (unpaired) electrons. The lowest BCUT2D eigenvalue weighted by molar-refractivity contribution is -0.136. The molecule has 14 heavy (non-hydrogen) atoms. The van der Waals surface area contributed by atoms with Gasteiger partial charge in [-0.15, -0.1) is 11.8 Å². The highest BCUT2D eigenvalue weighted by Gasteiger charge is 2.07. The zero-order chi connectivity index (χ0) is 10.6. The lowest BCUT2D eigenvalue weighted by Gasteiger charge is -2.07. The number of hydrogen-bond acceptors (Lipinski definition) is 3. The number of aliphatic carboxylic acids is 1. The molecule has 4 heteroatoms. The molecule has 0 fully saturated rings. The van der Waals surface area contributed by atoms with Crippen LogP contribution in [0.5, 0.6) is 5.75 Å². The molecule has 1 aromatic rings. The maximum Gasteiger partial charge on any atom is 0.307 e. The Hall–Kier alpha value is -1.16. The smallest absolute Gasteiger partial charge is 0.307 e. The number of carboxylic acid groups (broad SMARTS) is 1. The summed E-state index contributed by atoms with van der Waals surface area (Å²) in [7, 11) is 1.59. The molecular weight excluding hydrogens is 200 g/mol. The van der Waals surface area contributed by atoms with E-state index in [1.54, 1.807) is 19.2 Å². The van der Waals surface area contributed by atoms with Gasteiger partial charge in [0.25, 0.3) is 0 Å². The van der Waals surface area contributed by atoms with Crippen LogP contribution in [-0.4, -0.2) is 24.4 Å². The van der Waals surface area contributed by atoms with Crippen LogP contribution in [0.3, 0.4) is 0 Å². The SMILES string of the molecule is COc1ccc(CC(=O)O)c(SC)c1. The molecule has 76 valence electrons. The predicted molar refractivity (Wildman–Crippen MR) is 56.1 cm³/mol. The first-order valence-corrected chi connectivity index (χ1v) is 5.32. The third kappa shape index (κ3) is 2.67. The van der Waals surface area contributed by atoms with Crippen molar-refractivity contribution in [1.82, 2.24) is 0 Å². The molecule has 3 nitrogen and oxygen atoms in total. The van der Waals surface area contributed by atoms with E-state index in [1.165, 1.54) is 11.8 Å². The largest absolute Gasteiger partial charge is 0.497 e. The molecule has 0 aromatic heterocycles. The number of rotatable bonds is 4. The Labute approximate surface area is 87.1 Å². The molecule has 0 aliphatic heterocycles. The molecule has 0 amide bonds. The minimum atomic E-state index is -0.814. The van der Waals surface area contributed by atoms with Crippen molar-refractivity contribution in [3.8, 4) is 5.75 Å². The topological polar surface area (TPSA) is 46.5 Å². The Bertz CT molecular complexity index is 336. The molecule has 1 rings (SSSR count). The summed E-state index contributed by atoms with van der Waals surface area (Å²) < 4.78 is 5.06. The first-order chi connectivity index (χ1) is 6.67. The summed E-state index contributed by atoms with van der Waals surface area (Å²) >= 11 is 1.52. The van der Waals surface area contributed by atoms with Crippen LogP contribution in [0.1, 0.15) is 5.56 Å². The van der Waals surface area contributed by atoms with E-state index in [9.17, 15) is 4.79 Å². The van der Waals surface area contributed by atoms with E-state index < -0.39 is 5.97 Å². The van der Waals surface area contributed by atoms with Gasteiger partial charge >= 0.3 is 5.97 Å². The number of ether oxygens (including phenoxy) is 1. The molecule has 0 unspecified atom stereocenters. The minimum absolute atomic E-state index is 0.0557. The van der Waals surface area contributed by atoms with Gasteiger partial charge < -0.3 is 9.84 Å². The van der Waals surface area contributed by atoms with E-state index in [4.69, 9.17) is 9.84 Å². The van der Waals surface area contributed by atoms with Gasteiger partial charge in [0.1, 0.15) is 5.75 Å². The lowest BCUT2D eigenvalue weighted by Crippen LogP contribution is -2.01. The molecule has 0 bridgehead atoms. The third-order valence-electron chi connectivity index (χ3n) is 1.84. The third-order valence-corrected chi connectivity index (χ3v) is 2.66. The van der Waals surface area contributed by atoms with E-state index in [0.717, 1.165) is 16.2 Å². The van der Waals surface area contributed by atoms with E-state index in [0.29, 0.717) is 0 Å². The standard InChI is InChI=1S/C10H12O3S/c1-13-8-4-3-7(5-10(11)12)9(6-8)14-2/h3-4,6H,5H2,1-2H3,(H,11,12). The molecule has 0 heterocycles. The summed E-state index contributed by atoms with van der Waals surface area (Å²) in [6.45, 7) is 0. The van der Waals surface area contributed by atoms with Crippen LogP contribution in [0.25, 0.3) is 0 Å². The number of thioether (sulfide) groups is 1. The van der Waals surface area contributed by atoms with Gasteiger partial charge in [-0.05, 0) is 24.0 Å². The highest BCUT2D eigenvalue weighted by atomic mass is 32.2. The molecule has 0 aliphatic carbocycles. The van der Waals surface area contributed by atoms with Gasteiger partial charge in [0.15, 0.2) is 0 Å². The Morgan fingerprint density at radius 1 is 1.57 bits per heavy atom. The fourth-order valence-corrected chi connectivity index (χ4v) is 1.80. The molecule has 0 atom stereocenters. The molecule has 0 spiro atoms. The summed E-state index contributed by atoms with van der Waals surface area (Å²) in [5, 5.41) is 8.67. The van der Waals surface area contributed by atoms with Crippen LogP contribution in [0.4, 0.5) is 0 Å². The Kier molecular flexibility index (Phi) is 3.83. The van der Waals surface area contributed by atoms with Crippen molar-refractivity contribution < 1.29 is 14.6 Å². The summed E-state index contributed by atoms with van der Waals surface area (Å²) in [5.41, 5.74) is 0.825. The number of benzene rings is 1. The van der Waals surface area contributed by atoms with Crippen LogP contribution < -0.4 is 4.74 Å². The maximum atomic E-state index is 10.6. The lowest BCUT2D eigenvalue weighted by atomic mass is 10.1. The summed E-state index contributed by atoms with van der Waals surface area (Å²) in [6, 6.07) is 5.42. The zero-order valence-electron chi connectivity index (χ0n) is 8.11. The second-order valence-corrected chi connectivity index (χ2v) is 3.60. The normalized spacial score (nSPS) is 9.86. The molecule has 0 saturated heterocycles. The van der Waals surface area contributed by atoms with Gasteiger partial charge in [0, 0.05) is 4.90 Å². The average molecular weight is 212 g/mol. The monoisotopic (exact) mass is 212 g/mol. The van der Waals surface area contributed by atoms with Crippen molar-refractivity contribution in [1.29, 1.82) is 0 Å². The van der Waals surface area contributed by atoms with Crippen LogP contribution in [0.2, 0.25) is 0 Å². The molecule has 1 aromatic carbocycles. The second-order valence-electron chi connectivity index (χ2n) is 2.75. The second kappa shape index (κ2) is 4.91. The van der Waals surface area contributed by atoms with Crippen molar-refractivity contribution in [2.75, 3.05) is 13.4 Å². The number of hydrogen-bond donors (Lipinski definition) is 1. The zero-order valence-corrected chi connectivity index (χ0v) is 8.93. The van der Waals surface area contributed by atoms with Crippen LogP contribution in [0.15, 0.2) is 23.1 Å². The summed E-state index contributed by atoms with van der Waals surface area (Å²) in [5.74, 6) is -0.0612. The molecule has 0 aliphatic rings. The summed E-state index contributed by atoms with van der Waals surface area (Å²) in [6.07, 6.45) is 1.97. The maximum absolute atomic E-state index is 10.6. The van der Waals surface area contributed by atoms with E-state index >= 15 is 0 Å². The number of carboxylic acids is 1. The van der Waals surface area contributed by atoms with Crippen LogP contribution in [-0.2, 0) is 11.2 Å². The average Bonchev–Trinajstić information content (AvgIpc) is 2.17. The van der Waals surface area contributed by atoms with Crippen LogP contribution in [0, 0.1) is 0 Å². The first-order valence-electron chi connectivity index (χ1n) is 4.10. The van der Waals surface area contributed by atoms with Gasteiger partial charge in [-0.2, -0.15) is 0 Å². The Morgan fingerprint density at radius 3 is 2.79 bits per heavy atom. The molecular formula is C10H12O3S. The molecule has 0 saturated carbocycles. The number of methoxy groups -OCH3 is 1. The van der Waals surface area contributed by atoms with Crippen LogP contribution >= 0.6 is 11.8 Å². The van der Waals surface area contributed by atoms with E-state index in [-0.39, 0.29) is 6.42 Å². The van der Waals surface area contributed by atoms with Gasteiger partial charge in [0.05, 0.1) is 13.5 Å². The fraction of sp³-hybridized carbons (Fsp3) is 0.300. The minimum Gasteiger partial charge on any atom is -0.497 e. The van der Waals surface area contributed by atoms with Crippen molar-refractivity contribution in [3.05, 3.63) is 23.8 Å². The van der Waals surface area contributed by atoms with Crippen molar-refractivity contribution >= 4 is 17.7 Å². The van der Waals surface area contributed by atoms with Crippen molar-refractivity contribution in [2.24, 2.45) is 0 Å². The Balaban J connectivity index is 2.98. The highest BCUT2D eigenvalue weighted by molar-refractivity contribution is 7.98. The van der Waals surface area contributed by atoms with Crippen molar-refractivity contribution in [2.45, 2.75) is 11.3 Å². The van der Waals surface area contributed by atoms with E-state index in [2.05, 4.69) is 0 Å². The Morgan fingerprint density at radius 2 is 2.29 bits per heavy atom. The van der Waals surface area contributed by atoms with Gasteiger partial charge in [0.2, 0.25) is 0 Å². The number of carbonyl (C=O) groups is 1.